The Morgan fingerprint density at radius 3 is 2.93 bits per heavy atom. The van der Waals surface area contributed by atoms with E-state index in [1.807, 2.05) is 25.1 Å². The maximum absolute atomic E-state index is 12.6. The number of hydrogen-bond donors (Lipinski definition) is 1. The van der Waals surface area contributed by atoms with Crippen LogP contribution in [0.2, 0.25) is 0 Å². The predicted octanol–water partition coefficient (Wildman–Crippen LogP) is 2.40. The van der Waals surface area contributed by atoms with Crippen molar-refractivity contribution in [3.8, 4) is 5.75 Å². The van der Waals surface area contributed by atoms with Crippen molar-refractivity contribution in [2.75, 3.05) is 26.7 Å². The van der Waals surface area contributed by atoms with Gasteiger partial charge in [-0.25, -0.2) is 0 Å². The highest BCUT2D eigenvalue weighted by Gasteiger charge is 2.62. The third-order valence-electron chi connectivity index (χ3n) is 6.76. The van der Waals surface area contributed by atoms with E-state index in [-0.39, 0.29) is 17.6 Å². The third-order valence-corrected chi connectivity index (χ3v) is 6.76. The minimum Gasteiger partial charge on any atom is -0.497 e. The molecule has 7 nitrogen and oxygen atoms in total. The Bertz CT molecular complexity index is 896. The molecule has 2 bridgehead atoms. The molecule has 0 aliphatic carbocycles. The first-order valence-electron chi connectivity index (χ1n) is 10.3. The normalized spacial score (nSPS) is 30.5. The van der Waals surface area contributed by atoms with Crippen LogP contribution in [0, 0.1) is 18.8 Å². The lowest BCUT2D eigenvalue weighted by atomic mass is 9.73. The number of nitrogens with one attached hydrogen (secondary N) is 1. The van der Waals surface area contributed by atoms with E-state index in [0.717, 1.165) is 49.7 Å². The van der Waals surface area contributed by atoms with Crippen molar-refractivity contribution in [3.63, 3.8) is 0 Å². The minimum atomic E-state index is -0.0603. The fourth-order valence-electron chi connectivity index (χ4n) is 5.45. The van der Waals surface area contributed by atoms with Crippen molar-refractivity contribution in [2.24, 2.45) is 11.8 Å². The molecule has 1 aromatic carbocycles. The number of carbonyl (C=O) groups excluding carboxylic acids is 1. The molecular formula is C22H27N3O4. The van der Waals surface area contributed by atoms with E-state index in [9.17, 15) is 4.79 Å². The second-order valence-corrected chi connectivity index (χ2v) is 8.57. The van der Waals surface area contributed by atoms with Crippen LogP contribution in [0.4, 0.5) is 0 Å². The van der Waals surface area contributed by atoms with Crippen LogP contribution < -0.4 is 10.1 Å². The van der Waals surface area contributed by atoms with Gasteiger partial charge in [0, 0.05) is 43.1 Å². The number of aryl methyl sites for hydroxylation is 1. The molecule has 5 rings (SSSR count). The minimum absolute atomic E-state index is 0.0449. The van der Waals surface area contributed by atoms with E-state index >= 15 is 0 Å². The zero-order chi connectivity index (χ0) is 20.0. The summed E-state index contributed by atoms with van der Waals surface area (Å²) in [5.74, 6) is 2.40. The van der Waals surface area contributed by atoms with Crippen LogP contribution in [0.25, 0.3) is 0 Å². The molecule has 0 saturated carbocycles. The summed E-state index contributed by atoms with van der Waals surface area (Å²) in [6.45, 7) is 5.25. The smallest absolute Gasteiger partial charge is 0.251 e. The van der Waals surface area contributed by atoms with Crippen LogP contribution in [0.3, 0.4) is 0 Å². The third kappa shape index (κ3) is 3.32. The van der Waals surface area contributed by atoms with E-state index in [0.29, 0.717) is 23.9 Å². The van der Waals surface area contributed by atoms with E-state index in [1.165, 1.54) is 0 Å². The number of hydrogen-bond acceptors (Lipinski definition) is 6. The van der Waals surface area contributed by atoms with Gasteiger partial charge in [0.2, 0.25) is 0 Å². The Morgan fingerprint density at radius 1 is 1.38 bits per heavy atom. The molecule has 3 fully saturated rings. The number of rotatable bonds is 6. The van der Waals surface area contributed by atoms with Gasteiger partial charge in [-0.05, 0) is 44.0 Å². The van der Waals surface area contributed by atoms with Gasteiger partial charge in [0.1, 0.15) is 5.75 Å². The highest BCUT2D eigenvalue weighted by Crippen LogP contribution is 2.54. The maximum Gasteiger partial charge on any atom is 0.251 e. The standard InChI is InChI=1S/C22H27N3O4/c1-14-9-17(29-24-14)11-25-12-19-18(20-7-8-22(19,13-25)28-20)10-23-21(26)15-3-5-16(27-2)6-4-15/h3-6,9,18-20H,7-8,10-13H2,1-2H3,(H,23,26)/t18-,19+,20+,22+/m0/s1. The molecule has 2 aromatic rings. The topological polar surface area (TPSA) is 76.8 Å². The van der Waals surface area contributed by atoms with Gasteiger partial charge < -0.3 is 19.3 Å². The molecule has 3 aliphatic heterocycles. The molecule has 29 heavy (non-hydrogen) atoms. The van der Waals surface area contributed by atoms with Gasteiger partial charge >= 0.3 is 0 Å². The first-order valence-corrected chi connectivity index (χ1v) is 10.3. The van der Waals surface area contributed by atoms with Crippen LogP contribution in [-0.4, -0.2) is 54.4 Å². The fraction of sp³-hybridized carbons (Fsp3) is 0.545. The predicted molar refractivity (Wildman–Crippen MR) is 106 cm³/mol. The first-order chi connectivity index (χ1) is 14.1. The Morgan fingerprint density at radius 2 is 2.21 bits per heavy atom. The highest BCUT2D eigenvalue weighted by atomic mass is 16.5. The Balaban J connectivity index is 1.22. The molecular weight excluding hydrogens is 370 g/mol. The summed E-state index contributed by atoms with van der Waals surface area (Å²) in [7, 11) is 1.62. The second-order valence-electron chi connectivity index (χ2n) is 8.57. The first kappa shape index (κ1) is 18.6. The average Bonchev–Trinajstić information content (AvgIpc) is 3.47. The molecule has 4 atom stereocenters. The Hall–Kier alpha value is -2.38. The number of fused-ring (bicyclic) bond motifs is 1. The van der Waals surface area contributed by atoms with Crippen LogP contribution in [-0.2, 0) is 11.3 Å². The van der Waals surface area contributed by atoms with E-state index in [2.05, 4.69) is 15.4 Å². The molecule has 7 heteroatoms. The van der Waals surface area contributed by atoms with Crippen LogP contribution in [0.5, 0.6) is 5.75 Å². The van der Waals surface area contributed by atoms with Crippen molar-refractivity contribution in [2.45, 2.75) is 38.0 Å². The number of benzene rings is 1. The van der Waals surface area contributed by atoms with Gasteiger partial charge in [0.15, 0.2) is 5.76 Å². The second kappa shape index (κ2) is 7.15. The number of carbonyl (C=O) groups is 1. The van der Waals surface area contributed by atoms with Crippen molar-refractivity contribution >= 4 is 5.91 Å². The van der Waals surface area contributed by atoms with Gasteiger partial charge in [-0.3, -0.25) is 9.69 Å². The SMILES string of the molecule is COc1ccc(C(=O)NC[C@H]2[C@H]3CN(Cc4cc(C)no4)C[C@]34CC[C@H]2O4)cc1. The summed E-state index contributed by atoms with van der Waals surface area (Å²) in [5.41, 5.74) is 1.50. The number of ether oxygens (including phenoxy) is 2. The van der Waals surface area contributed by atoms with Crippen LogP contribution in [0.15, 0.2) is 34.9 Å². The number of aromatic nitrogens is 1. The molecule has 1 amide bonds. The van der Waals surface area contributed by atoms with E-state index < -0.39 is 0 Å². The van der Waals surface area contributed by atoms with Crippen molar-refractivity contribution in [1.82, 2.24) is 15.4 Å². The summed E-state index contributed by atoms with van der Waals surface area (Å²) in [6, 6.07) is 9.21. The molecule has 3 saturated heterocycles. The summed E-state index contributed by atoms with van der Waals surface area (Å²) >= 11 is 0. The van der Waals surface area contributed by atoms with Gasteiger partial charge in [0.25, 0.3) is 5.91 Å². The summed E-state index contributed by atoms with van der Waals surface area (Å²) < 4.78 is 17.0. The van der Waals surface area contributed by atoms with Gasteiger partial charge in [0.05, 0.1) is 31.1 Å². The maximum atomic E-state index is 12.6. The highest BCUT2D eigenvalue weighted by molar-refractivity contribution is 5.94. The molecule has 154 valence electrons. The molecule has 1 spiro atoms. The summed E-state index contributed by atoms with van der Waals surface area (Å²) in [6.07, 6.45) is 2.44. The number of amides is 1. The van der Waals surface area contributed by atoms with E-state index in [1.54, 1.807) is 19.2 Å². The van der Waals surface area contributed by atoms with Crippen molar-refractivity contribution < 1.29 is 18.8 Å². The lowest BCUT2D eigenvalue weighted by Crippen LogP contribution is -2.41. The average molecular weight is 397 g/mol. The summed E-state index contributed by atoms with van der Waals surface area (Å²) in [5, 5.41) is 7.13. The van der Waals surface area contributed by atoms with Gasteiger partial charge in [-0.1, -0.05) is 5.16 Å². The zero-order valence-electron chi connectivity index (χ0n) is 16.9. The van der Waals surface area contributed by atoms with Crippen molar-refractivity contribution in [1.29, 1.82) is 0 Å². The van der Waals surface area contributed by atoms with E-state index in [4.69, 9.17) is 14.0 Å². The lowest BCUT2D eigenvalue weighted by molar-refractivity contribution is 0.00155. The fourth-order valence-corrected chi connectivity index (χ4v) is 5.45. The largest absolute Gasteiger partial charge is 0.497 e. The molecule has 4 heterocycles. The number of methoxy groups -OCH3 is 1. The molecule has 1 N–H and O–H groups in total. The summed E-state index contributed by atoms with van der Waals surface area (Å²) in [4.78, 5) is 15.0. The Labute approximate surface area is 170 Å². The molecule has 0 unspecified atom stereocenters. The molecule has 1 aromatic heterocycles. The zero-order valence-corrected chi connectivity index (χ0v) is 16.9. The molecule has 3 aliphatic rings. The molecule has 0 radical (unpaired) electrons. The number of likely N-dealkylation sites (tertiary alicyclic amines) is 1. The number of nitrogens with zero attached hydrogens (tertiary/aromatic N) is 2. The van der Waals surface area contributed by atoms with Crippen LogP contribution >= 0.6 is 0 Å². The lowest BCUT2D eigenvalue weighted by Gasteiger charge is -2.29. The van der Waals surface area contributed by atoms with Crippen LogP contribution in [0.1, 0.15) is 34.7 Å². The Kier molecular flexibility index (Phi) is 4.59. The van der Waals surface area contributed by atoms with Gasteiger partial charge in [-0.2, -0.15) is 0 Å². The quantitative estimate of drug-likeness (QED) is 0.807. The van der Waals surface area contributed by atoms with Crippen molar-refractivity contribution in [3.05, 3.63) is 47.3 Å². The van der Waals surface area contributed by atoms with Gasteiger partial charge in [-0.15, -0.1) is 0 Å². The monoisotopic (exact) mass is 397 g/mol.